The second-order valence-corrected chi connectivity index (χ2v) is 6.94. The Hall–Kier alpha value is -1.02. The minimum absolute atomic E-state index is 0.0141. The summed E-state index contributed by atoms with van der Waals surface area (Å²) in [6, 6.07) is 2.74. The second-order valence-electron chi connectivity index (χ2n) is 4.65. The van der Waals surface area contributed by atoms with Crippen molar-refractivity contribution in [1.29, 1.82) is 0 Å². The van der Waals surface area contributed by atoms with Crippen LogP contribution >= 0.6 is 11.6 Å². The van der Waals surface area contributed by atoms with Crippen LogP contribution in [0.25, 0.3) is 0 Å². The van der Waals surface area contributed by atoms with Gasteiger partial charge in [0.25, 0.3) is 0 Å². The van der Waals surface area contributed by atoms with E-state index in [1.54, 1.807) is 7.11 Å². The van der Waals surface area contributed by atoms with Crippen molar-refractivity contribution in [1.82, 2.24) is 4.31 Å². The molecule has 3 N–H and O–H groups in total. The summed E-state index contributed by atoms with van der Waals surface area (Å²) in [5.74, 6) is -0.494. The summed E-state index contributed by atoms with van der Waals surface area (Å²) >= 11 is 5.92. The van der Waals surface area contributed by atoms with Gasteiger partial charge in [0.2, 0.25) is 10.0 Å². The maximum atomic E-state index is 12.6. The molecule has 1 aliphatic rings. The zero-order valence-corrected chi connectivity index (χ0v) is 12.6. The van der Waals surface area contributed by atoms with Crippen LogP contribution in [0.2, 0.25) is 5.02 Å². The van der Waals surface area contributed by atoms with Gasteiger partial charge >= 0.3 is 0 Å². The molecule has 8 heteroatoms. The number of benzene rings is 1. The molecule has 1 fully saturated rings. The van der Waals surface area contributed by atoms with E-state index in [0.717, 1.165) is 0 Å². The van der Waals surface area contributed by atoms with E-state index < -0.39 is 15.8 Å². The first-order valence-electron chi connectivity index (χ1n) is 6.17. The highest BCUT2D eigenvalue weighted by molar-refractivity contribution is 7.89. The van der Waals surface area contributed by atoms with Crippen molar-refractivity contribution in [2.24, 2.45) is 0 Å². The predicted molar refractivity (Wildman–Crippen MR) is 76.3 cm³/mol. The van der Waals surface area contributed by atoms with Crippen molar-refractivity contribution in [3.8, 4) is 5.75 Å². The van der Waals surface area contributed by atoms with E-state index in [9.17, 15) is 13.5 Å². The van der Waals surface area contributed by atoms with E-state index in [2.05, 4.69) is 0 Å². The van der Waals surface area contributed by atoms with Crippen LogP contribution in [-0.2, 0) is 14.8 Å². The molecule has 0 saturated carbocycles. The molecule has 2 rings (SSSR count). The summed E-state index contributed by atoms with van der Waals surface area (Å²) < 4.78 is 31.6. The zero-order chi connectivity index (χ0) is 14.9. The quantitative estimate of drug-likeness (QED) is 0.649. The minimum atomic E-state index is -3.86. The number of phenolic OH excluding ortho intramolecular Hbond substituents is 1. The van der Waals surface area contributed by atoms with E-state index >= 15 is 0 Å². The number of hydrogen-bond donors (Lipinski definition) is 2. The number of nitrogens with two attached hydrogens (primary N) is 1. The Morgan fingerprint density at radius 3 is 2.55 bits per heavy atom. The smallest absolute Gasteiger partial charge is 0.248 e. The highest BCUT2D eigenvalue weighted by atomic mass is 35.5. The van der Waals surface area contributed by atoms with Gasteiger partial charge in [0.15, 0.2) is 5.75 Å². The number of rotatable bonds is 3. The molecule has 1 aromatic rings. The lowest BCUT2D eigenvalue weighted by Crippen LogP contribution is -2.40. The van der Waals surface area contributed by atoms with Crippen LogP contribution in [0.15, 0.2) is 17.0 Å². The number of aromatic hydroxyl groups is 1. The van der Waals surface area contributed by atoms with Crippen LogP contribution in [0.5, 0.6) is 5.75 Å². The Balaban J connectivity index is 2.35. The fourth-order valence-electron chi connectivity index (χ4n) is 2.24. The molecule has 0 amide bonds. The number of anilines is 1. The van der Waals surface area contributed by atoms with Gasteiger partial charge in [-0.1, -0.05) is 11.6 Å². The number of sulfonamides is 1. The molecule has 0 bridgehead atoms. The third-order valence-corrected chi connectivity index (χ3v) is 5.85. The van der Waals surface area contributed by atoms with Crippen LogP contribution < -0.4 is 5.73 Å². The van der Waals surface area contributed by atoms with Gasteiger partial charge in [0.05, 0.1) is 16.8 Å². The van der Waals surface area contributed by atoms with Gasteiger partial charge in [-0.2, -0.15) is 4.31 Å². The van der Waals surface area contributed by atoms with E-state index in [1.165, 1.54) is 16.4 Å². The molecule has 0 atom stereocenters. The standard InChI is InChI=1S/C12H17ClN2O4S/c1-19-8-4-6-15(7-5-8)20(17,18)12-9(13)2-3-10(14)11(12)16/h2-3,8,16H,4-7,14H2,1H3. The number of ether oxygens (including phenoxy) is 1. The molecular weight excluding hydrogens is 304 g/mol. The van der Waals surface area contributed by atoms with Gasteiger partial charge in [0.1, 0.15) is 4.90 Å². The van der Waals surface area contributed by atoms with Gasteiger partial charge < -0.3 is 15.6 Å². The normalized spacial score (nSPS) is 18.3. The summed E-state index contributed by atoms with van der Waals surface area (Å²) in [5.41, 5.74) is 5.53. The fraction of sp³-hybridized carbons (Fsp3) is 0.500. The largest absolute Gasteiger partial charge is 0.504 e. The maximum absolute atomic E-state index is 12.6. The number of phenols is 1. The first kappa shape index (κ1) is 15.4. The number of nitrogen functional groups attached to an aromatic ring is 1. The highest BCUT2D eigenvalue weighted by Crippen LogP contribution is 2.37. The molecule has 20 heavy (non-hydrogen) atoms. The molecule has 1 heterocycles. The molecule has 0 unspecified atom stereocenters. The van der Waals surface area contributed by atoms with Crippen LogP contribution in [0, 0.1) is 0 Å². The van der Waals surface area contributed by atoms with Crippen molar-refractivity contribution in [3.05, 3.63) is 17.2 Å². The molecule has 0 aliphatic carbocycles. The number of hydrogen-bond acceptors (Lipinski definition) is 5. The van der Waals surface area contributed by atoms with Gasteiger partial charge in [-0.3, -0.25) is 0 Å². The molecule has 1 aromatic carbocycles. The monoisotopic (exact) mass is 320 g/mol. The van der Waals surface area contributed by atoms with Gasteiger partial charge in [0, 0.05) is 20.2 Å². The molecular formula is C12H17ClN2O4S. The van der Waals surface area contributed by atoms with E-state index in [1.807, 2.05) is 0 Å². The third kappa shape index (κ3) is 2.71. The van der Waals surface area contributed by atoms with E-state index in [-0.39, 0.29) is 21.7 Å². The molecule has 6 nitrogen and oxygen atoms in total. The predicted octanol–water partition coefficient (Wildman–Crippen LogP) is 1.43. The number of halogens is 1. The van der Waals surface area contributed by atoms with Crippen LogP contribution in [-0.4, -0.2) is 44.1 Å². The summed E-state index contributed by atoms with van der Waals surface area (Å²) in [6.45, 7) is 0.650. The topological polar surface area (TPSA) is 92.9 Å². The lowest BCUT2D eigenvalue weighted by molar-refractivity contribution is 0.0604. The SMILES string of the molecule is COC1CCN(S(=O)(=O)c2c(Cl)ccc(N)c2O)CC1. The number of methoxy groups -OCH3 is 1. The lowest BCUT2D eigenvalue weighted by Gasteiger charge is -2.30. The summed E-state index contributed by atoms with van der Waals surface area (Å²) in [6.07, 6.45) is 1.28. The van der Waals surface area contributed by atoms with E-state index in [0.29, 0.717) is 25.9 Å². The molecule has 1 saturated heterocycles. The van der Waals surface area contributed by atoms with Crippen molar-refractivity contribution in [2.75, 3.05) is 25.9 Å². The molecule has 0 aromatic heterocycles. The highest BCUT2D eigenvalue weighted by Gasteiger charge is 2.33. The van der Waals surface area contributed by atoms with E-state index in [4.69, 9.17) is 22.1 Å². The summed E-state index contributed by atoms with van der Waals surface area (Å²) in [7, 11) is -2.26. The van der Waals surface area contributed by atoms with Gasteiger partial charge in [-0.05, 0) is 25.0 Å². The molecule has 1 aliphatic heterocycles. The van der Waals surface area contributed by atoms with Crippen LogP contribution in [0.4, 0.5) is 5.69 Å². The Morgan fingerprint density at radius 2 is 2.00 bits per heavy atom. The lowest BCUT2D eigenvalue weighted by atomic mass is 10.1. The van der Waals surface area contributed by atoms with Crippen LogP contribution in [0.3, 0.4) is 0 Å². The second kappa shape index (κ2) is 5.77. The first-order chi connectivity index (χ1) is 9.37. The van der Waals surface area contributed by atoms with Crippen molar-refractivity contribution < 1.29 is 18.3 Å². The minimum Gasteiger partial charge on any atom is -0.504 e. The van der Waals surface area contributed by atoms with Crippen molar-refractivity contribution >= 4 is 27.3 Å². The summed E-state index contributed by atoms with van der Waals surface area (Å²) in [5, 5.41) is 9.87. The average molecular weight is 321 g/mol. The Bertz CT molecular complexity index is 598. The molecule has 0 radical (unpaired) electrons. The Kier molecular flexibility index (Phi) is 4.43. The Labute approximate surface area is 123 Å². The number of piperidine rings is 1. The zero-order valence-electron chi connectivity index (χ0n) is 11.0. The van der Waals surface area contributed by atoms with Gasteiger partial charge in [-0.25, -0.2) is 8.42 Å². The van der Waals surface area contributed by atoms with Crippen molar-refractivity contribution in [2.45, 2.75) is 23.8 Å². The summed E-state index contributed by atoms with van der Waals surface area (Å²) in [4.78, 5) is -0.324. The molecule has 112 valence electrons. The third-order valence-electron chi connectivity index (χ3n) is 3.45. The van der Waals surface area contributed by atoms with Crippen LogP contribution in [0.1, 0.15) is 12.8 Å². The number of nitrogens with zero attached hydrogens (tertiary/aromatic N) is 1. The maximum Gasteiger partial charge on any atom is 0.248 e. The first-order valence-corrected chi connectivity index (χ1v) is 7.99. The van der Waals surface area contributed by atoms with Gasteiger partial charge in [-0.15, -0.1) is 0 Å². The fourth-order valence-corrected chi connectivity index (χ4v) is 4.32. The molecule has 0 spiro atoms. The Morgan fingerprint density at radius 1 is 1.40 bits per heavy atom. The average Bonchev–Trinajstić information content (AvgIpc) is 2.43. The van der Waals surface area contributed by atoms with Crippen molar-refractivity contribution in [3.63, 3.8) is 0 Å².